The van der Waals surface area contributed by atoms with Crippen LogP contribution in [0.5, 0.6) is 0 Å². The van der Waals surface area contributed by atoms with Gasteiger partial charge >= 0.3 is 0 Å². The molecule has 2 aromatic rings. The van der Waals surface area contributed by atoms with E-state index in [1.165, 1.54) is 0 Å². The maximum atomic E-state index is 12.4. The van der Waals surface area contributed by atoms with E-state index < -0.39 is 0 Å². The van der Waals surface area contributed by atoms with Crippen LogP contribution in [0.2, 0.25) is 0 Å². The molecule has 1 aliphatic rings. The zero-order chi connectivity index (χ0) is 13.2. The minimum Gasteiger partial charge on any atom is -0.359 e. The molecule has 1 amide bonds. The molecular weight excluding hydrogens is 260 g/mol. The van der Waals surface area contributed by atoms with Gasteiger partial charge in [-0.25, -0.2) is 0 Å². The van der Waals surface area contributed by atoms with E-state index in [1.807, 2.05) is 35.4 Å². The number of aromatic nitrogens is 1. The van der Waals surface area contributed by atoms with Crippen LogP contribution in [-0.2, 0) is 11.2 Å². The molecule has 1 saturated heterocycles. The van der Waals surface area contributed by atoms with Gasteiger partial charge in [0.15, 0.2) is 5.76 Å². The van der Waals surface area contributed by atoms with E-state index in [-0.39, 0.29) is 11.9 Å². The molecule has 4 nitrogen and oxygen atoms in total. The van der Waals surface area contributed by atoms with Gasteiger partial charge < -0.3 is 9.42 Å². The summed E-state index contributed by atoms with van der Waals surface area (Å²) in [6, 6.07) is 5.98. The van der Waals surface area contributed by atoms with Gasteiger partial charge in [0.05, 0.1) is 18.2 Å². The van der Waals surface area contributed by atoms with Gasteiger partial charge in [-0.15, -0.1) is 11.3 Å². The van der Waals surface area contributed by atoms with Gasteiger partial charge in [-0.3, -0.25) is 4.79 Å². The average Bonchev–Trinajstić information content (AvgIpc) is 3.07. The highest BCUT2D eigenvalue weighted by atomic mass is 32.1. The molecule has 0 bridgehead atoms. The minimum absolute atomic E-state index is 0.0636. The van der Waals surface area contributed by atoms with Crippen molar-refractivity contribution in [1.29, 1.82) is 0 Å². The molecular formula is C14H16N2O2S. The summed E-state index contributed by atoms with van der Waals surface area (Å²) in [6.07, 6.45) is 2.48. The predicted octanol–water partition coefficient (Wildman–Crippen LogP) is 2.95. The van der Waals surface area contributed by atoms with Crippen LogP contribution in [0.1, 0.15) is 35.2 Å². The molecule has 1 fully saturated rings. The standard InChI is InChI=1S/C14H16N2O2S/c1-10-8-13(18-15-10)12-5-2-6-16(12)14(17)9-11-4-3-7-19-11/h3-4,7-8,12H,2,5-6,9H2,1H3. The van der Waals surface area contributed by atoms with Crippen LogP contribution in [0.3, 0.4) is 0 Å². The summed E-state index contributed by atoms with van der Waals surface area (Å²) in [5.41, 5.74) is 0.868. The summed E-state index contributed by atoms with van der Waals surface area (Å²) >= 11 is 1.63. The van der Waals surface area contributed by atoms with Crippen molar-refractivity contribution in [3.8, 4) is 0 Å². The first-order valence-corrected chi connectivity index (χ1v) is 7.37. The number of carbonyl (C=O) groups is 1. The zero-order valence-corrected chi connectivity index (χ0v) is 11.7. The summed E-state index contributed by atoms with van der Waals surface area (Å²) in [5, 5.41) is 5.92. The van der Waals surface area contributed by atoms with Crippen LogP contribution in [-0.4, -0.2) is 22.5 Å². The zero-order valence-electron chi connectivity index (χ0n) is 10.8. The van der Waals surface area contributed by atoms with Crippen molar-refractivity contribution in [2.75, 3.05) is 6.54 Å². The summed E-state index contributed by atoms with van der Waals surface area (Å²) in [7, 11) is 0. The predicted molar refractivity (Wildman–Crippen MR) is 73.0 cm³/mol. The van der Waals surface area contributed by atoms with E-state index in [1.54, 1.807) is 11.3 Å². The number of carbonyl (C=O) groups excluding carboxylic acids is 1. The molecule has 0 spiro atoms. The Bertz CT molecular complexity index is 562. The molecule has 1 atom stereocenters. The number of hydrogen-bond acceptors (Lipinski definition) is 4. The number of amides is 1. The second-order valence-corrected chi connectivity index (χ2v) is 5.90. The van der Waals surface area contributed by atoms with E-state index in [0.717, 1.165) is 35.7 Å². The van der Waals surface area contributed by atoms with Crippen LogP contribution in [0, 0.1) is 6.92 Å². The van der Waals surface area contributed by atoms with Crippen molar-refractivity contribution < 1.29 is 9.32 Å². The molecule has 19 heavy (non-hydrogen) atoms. The fourth-order valence-electron chi connectivity index (χ4n) is 2.57. The Balaban J connectivity index is 1.74. The second kappa shape index (κ2) is 5.17. The largest absolute Gasteiger partial charge is 0.359 e. The van der Waals surface area contributed by atoms with Crippen LogP contribution in [0.4, 0.5) is 0 Å². The molecule has 0 saturated carbocycles. The summed E-state index contributed by atoms with van der Waals surface area (Å²) in [5.74, 6) is 0.994. The Hall–Kier alpha value is -1.62. The third-order valence-corrected chi connectivity index (χ3v) is 4.33. The molecule has 2 aromatic heterocycles. The second-order valence-electron chi connectivity index (χ2n) is 4.87. The minimum atomic E-state index is 0.0636. The highest BCUT2D eigenvalue weighted by molar-refractivity contribution is 7.10. The Morgan fingerprint density at radius 3 is 3.21 bits per heavy atom. The maximum absolute atomic E-state index is 12.4. The van der Waals surface area contributed by atoms with E-state index in [0.29, 0.717) is 6.42 Å². The van der Waals surface area contributed by atoms with Gasteiger partial charge in [0, 0.05) is 17.5 Å². The highest BCUT2D eigenvalue weighted by Crippen LogP contribution is 2.32. The molecule has 100 valence electrons. The molecule has 0 N–H and O–H groups in total. The van der Waals surface area contributed by atoms with Crippen LogP contribution in [0.15, 0.2) is 28.1 Å². The first kappa shape index (κ1) is 12.4. The number of hydrogen-bond donors (Lipinski definition) is 0. The normalized spacial score (nSPS) is 19.0. The highest BCUT2D eigenvalue weighted by Gasteiger charge is 2.32. The van der Waals surface area contributed by atoms with Crippen LogP contribution in [0.25, 0.3) is 0 Å². The molecule has 3 rings (SSSR count). The number of rotatable bonds is 3. The molecule has 3 heterocycles. The van der Waals surface area contributed by atoms with Gasteiger partial charge in [-0.05, 0) is 31.2 Å². The van der Waals surface area contributed by atoms with Crippen LogP contribution < -0.4 is 0 Å². The number of thiophene rings is 1. The fourth-order valence-corrected chi connectivity index (χ4v) is 3.26. The third kappa shape index (κ3) is 2.56. The Labute approximate surface area is 116 Å². The summed E-state index contributed by atoms with van der Waals surface area (Å²) in [6.45, 7) is 2.72. The van der Waals surface area contributed by atoms with Crippen molar-refractivity contribution in [3.05, 3.63) is 39.9 Å². The van der Waals surface area contributed by atoms with E-state index in [2.05, 4.69) is 5.16 Å². The number of nitrogens with zero attached hydrogens (tertiary/aromatic N) is 2. The number of aryl methyl sites for hydroxylation is 1. The third-order valence-electron chi connectivity index (χ3n) is 3.45. The first-order valence-electron chi connectivity index (χ1n) is 6.49. The lowest BCUT2D eigenvalue weighted by Gasteiger charge is -2.22. The van der Waals surface area contributed by atoms with Crippen molar-refractivity contribution >= 4 is 17.2 Å². The molecule has 5 heteroatoms. The van der Waals surface area contributed by atoms with E-state index in [4.69, 9.17) is 4.52 Å². The van der Waals surface area contributed by atoms with Gasteiger partial charge in [0.2, 0.25) is 5.91 Å². The topological polar surface area (TPSA) is 46.3 Å². The van der Waals surface area contributed by atoms with Gasteiger partial charge in [0.1, 0.15) is 0 Å². The average molecular weight is 276 g/mol. The summed E-state index contributed by atoms with van der Waals surface area (Å²) in [4.78, 5) is 15.4. The fraction of sp³-hybridized carbons (Fsp3) is 0.429. The van der Waals surface area contributed by atoms with Gasteiger partial charge in [-0.2, -0.15) is 0 Å². The summed E-state index contributed by atoms with van der Waals surface area (Å²) < 4.78 is 5.32. The lowest BCUT2D eigenvalue weighted by atomic mass is 10.1. The molecule has 1 unspecified atom stereocenters. The molecule has 0 aliphatic carbocycles. The smallest absolute Gasteiger partial charge is 0.228 e. The van der Waals surface area contributed by atoms with Gasteiger partial charge in [0.25, 0.3) is 0 Å². The van der Waals surface area contributed by atoms with Crippen molar-refractivity contribution in [3.63, 3.8) is 0 Å². The monoisotopic (exact) mass is 276 g/mol. The van der Waals surface area contributed by atoms with Crippen molar-refractivity contribution in [1.82, 2.24) is 10.1 Å². The van der Waals surface area contributed by atoms with E-state index in [9.17, 15) is 4.79 Å². The molecule has 0 radical (unpaired) electrons. The molecule has 1 aliphatic heterocycles. The Morgan fingerprint density at radius 1 is 1.63 bits per heavy atom. The van der Waals surface area contributed by atoms with E-state index >= 15 is 0 Å². The van der Waals surface area contributed by atoms with Crippen LogP contribution >= 0.6 is 11.3 Å². The lowest BCUT2D eigenvalue weighted by molar-refractivity contribution is -0.131. The first-order chi connectivity index (χ1) is 9.24. The van der Waals surface area contributed by atoms with Gasteiger partial charge in [-0.1, -0.05) is 11.2 Å². The SMILES string of the molecule is Cc1cc(C2CCCN2C(=O)Cc2cccs2)on1. The maximum Gasteiger partial charge on any atom is 0.228 e. The molecule has 0 aromatic carbocycles. The lowest BCUT2D eigenvalue weighted by Crippen LogP contribution is -2.31. The number of likely N-dealkylation sites (tertiary alicyclic amines) is 1. The Kier molecular flexibility index (Phi) is 3.38. The van der Waals surface area contributed by atoms with Crippen molar-refractivity contribution in [2.45, 2.75) is 32.2 Å². The quantitative estimate of drug-likeness (QED) is 0.866. The Morgan fingerprint density at radius 2 is 2.53 bits per heavy atom. The van der Waals surface area contributed by atoms with Crippen molar-refractivity contribution in [2.24, 2.45) is 0 Å².